The fourth-order valence-corrected chi connectivity index (χ4v) is 3.28. The van der Waals surface area contributed by atoms with Crippen molar-refractivity contribution >= 4 is 45.0 Å². The molecule has 0 aromatic heterocycles. The van der Waals surface area contributed by atoms with E-state index in [1.807, 2.05) is 24.3 Å². The molecule has 0 saturated heterocycles. The molecular weight excluding hydrogens is 444 g/mol. The van der Waals surface area contributed by atoms with Crippen molar-refractivity contribution in [3.05, 3.63) is 92.9 Å². The number of para-hydroxylation sites is 1. The molecule has 2 amide bonds. The van der Waals surface area contributed by atoms with Crippen LogP contribution in [-0.4, -0.2) is 11.8 Å². The molecule has 3 aromatic carbocycles. The van der Waals surface area contributed by atoms with Crippen LogP contribution in [0.2, 0.25) is 5.02 Å². The standard InChI is InChI=1S/C21H16BrClN2O3/c22-14-5-3-4-13(10-14)12-28-19-7-2-1-6-17(19)21(27)25-15-8-9-16(20(24)26)18(23)11-15/h1-11H,12H2,(H2,24,26)(H,25,27). The van der Waals surface area contributed by atoms with Gasteiger partial charge in [-0.15, -0.1) is 0 Å². The second-order valence-electron chi connectivity index (χ2n) is 5.93. The summed E-state index contributed by atoms with van der Waals surface area (Å²) in [4.78, 5) is 24.0. The number of nitrogens with two attached hydrogens (primary N) is 1. The zero-order valence-electron chi connectivity index (χ0n) is 14.6. The second-order valence-corrected chi connectivity index (χ2v) is 7.25. The minimum atomic E-state index is -0.630. The fraction of sp³-hybridized carbons (Fsp3) is 0.0476. The van der Waals surface area contributed by atoms with Crippen LogP contribution in [-0.2, 0) is 6.61 Å². The minimum Gasteiger partial charge on any atom is -0.488 e. The monoisotopic (exact) mass is 458 g/mol. The summed E-state index contributed by atoms with van der Waals surface area (Å²) in [5.74, 6) is -0.526. The van der Waals surface area contributed by atoms with Crippen molar-refractivity contribution in [1.29, 1.82) is 0 Å². The molecular formula is C21H16BrClN2O3. The Hall–Kier alpha value is -2.83. The average molecular weight is 460 g/mol. The van der Waals surface area contributed by atoms with Crippen LogP contribution in [0.4, 0.5) is 5.69 Å². The molecule has 3 rings (SSSR count). The molecule has 0 saturated carbocycles. The molecule has 0 aliphatic heterocycles. The average Bonchev–Trinajstić information content (AvgIpc) is 2.66. The van der Waals surface area contributed by atoms with Crippen molar-refractivity contribution in [1.82, 2.24) is 0 Å². The largest absolute Gasteiger partial charge is 0.488 e. The maximum atomic E-state index is 12.7. The summed E-state index contributed by atoms with van der Waals surface area (Å²) >= 11 is 9.46. The van der Waals surface area contributed by atoms with E-state index in [2.05, 4.69) is 21.2 Å². The van der Waals surface area contributed by atoms with Crippen LogP contribution in [0.15, 0.2) is 71.2 Å². The molecule has 7 heteroatoms. The van der Waals surface area contributed by atoms with E-state index in [-0.39, 0.29) is 16.5 Å². The Kier molecular flexibility index (Phi) is 6.34. The minimum absolute atomic E-state index is 0.171. The van der Waals surface area contributed by atoms with Gasteiger partial charge in [0.1, 0.15) is 12.4 Å². The van der Waals surface area contributed by atoms with Gasteiger partial charge in [-0.05, 0) is 48.0 Å². The van der Waals surface area contributed by atoms with Gasteiger partial charge in [0.25, 0.3) is 5.91 Å². The SMILES string of the molecule is NC(=O)c1ccc(NC(=O)c2ccccc2OCc2cccc(Br)c2)cc1Cl. The Morgan fingerprint density at radius 1 is 1.00 bits per heavy atom. The van der Waals surface area contributed by atoms with Gasteiger partial charge in [0.15, 0.2) is 0 Å². The zero-order valence-corrected chi connectivity index (χ0v) is 17.0. The van der Waals surface area contributed by atoms with E-state index in [1.165, 1.54) is 12.1 Å². The molecule has 0 spiro atoms. The molecule has 0 unspecified atom stereocenters. The number of hydrogen-bond acceptors (Lipinski definition) is 3. The van der Waals surface area contributed by atoms with Crippen molar-refractivity contribution in [3.8, 4) is 5.75 Å². The first-order valence-corrected chi connectivity index (χ1v) is 9.48. The van der Waals surface area contributed by atoms with E-state index in [1.54, 1.807) is 30.3 Å². The predicted molar refractivity (Wildman–Crippen MR) is 113 cm³/mol. The highest BCUT2D eigenvalue weighted by Crippen LogP contribution is 2.24. The predicted octanol–water partition coefficient (Wildman–Crippen LogP) is 5.03. The molecule has 142 valence electrons. The molecule has 0 heterocycles. The third kappa shape index (κ3) is 4.91. The highest BCUT2D eigenvalue weighted by atomic mass is 79.9. The molecule has 28 heavy (non-hydrogen) atoms. The molecule has 0 fully saturated rings. The highest BCUT2D eigenvalue weighted by Gasteiger charge is 2.14. The normalized spacial score (nSPS) is 10.4. The number of halogens is 2. The maximum absolute atomic E-state index is 12.7. The van der Waals surface area contributed by atoms with Crippen LogP contribution in [0.3, 0.4) is 0 Å². The fourth-order valence-electron chi connectivity index (χ4n) is 2.56. The Labute approximate surface area is 175 Å². The van der Waals surface area contributed by atoms with Crippen molar-refractivity contribution in [2.45, 2.75) is 6.61 Å². The Bertz CT molecular complexity index is 1040. The number of carbonyl (C=O) groups is 2. The van der Waals surface area contributed by atoms with Crippen molar-refractivity contribution in [3.63, 3.8) is 0 Å². The first-order valence-electron chi connectivity index (χ1n) is 8.31. The summed E-state index contributed by atoms with van der Waals surface area (Å²) in [5.41, 5.74) is 7.23. The van der Waals surface area contributed by atoms with Gasteiger partial charge >= 0.3 is 0 Å². The number of hydrogen-bond donors (Lipinski definition) is 2. The second kappa shape index (κ2) is 8.91. The lowest BCUT2D eigenvalue weighted by Gasteiger charge is -2.12. The summed E-state index contributed by atoms with van der Waals surface area (Å²) in [7, 11) is 0. The number of benzene rings is 3. The van der Waals surface area contributed by atoms with Crippen LogP contribution in [0.1, 0.15) is 26.3 Å². The summed E-state index contributed by atoms with van der Waals surface area (Å²) in [5, 5.41) is 2.92. The van der Waals surface area contributed by atoms with Gasteiger partial charge in [-0.3, -0.25) is 9.59 Å². The van der Waals surface area contributed by atoms with Crippen molar-refractivity contribution in [2.24, 2.45) is 5.73 Å². The van der Waals surface area contributed by atoms with E-state index < -0.39 is 5.91 Å². The molecule has 0 bridgehead atoms. The van der Waals surface area contributed by atoms with Crippen molar-refractivity contribution < 1.29 is 14.3 Å². The number of ether oxygens (including phenoxy) is 1. The van der Waals surface area contributed by atoms with Gasteiger partial charge in [-0.2, -0.15) is 0 Å². The van der Waals surface area contributed by atoms with Crippen LogP contribution in [0, 0.1) is 0 Å². The van der Waals surface area contributed by atoms with Gasteiger partial charge in [0.2, 0.25) is 5.91 Å². The molecule has 3 N–H and O–H groups in total. The third-order valence-corrected chi connectivity index (χ3v) is 4.71. The van der Waals surface area contributed by atoms with Crippen LogP contribution >= 0.6 is 27.5 Å². The van der Waals surface area contributed by atoms with E-state index in [9.17, 15) is 9.59 Å². The number of rotatable bonds is 6. The molecule has 5 nitrogen and oxygen atoms in total. The Balaban J connectivity index is 1.75. The summed E-state index contributed by atoms with van der Waals surface area (Å²) in [6.07, 6.45) is 0. The molecule has 0 aliphatic carbocycles. The lowest BCUT2D eigenvalue weighted by molar-refractivity contribution is 0.0998. The maximum Gasteiger partial charge on any atom is 0.259 e. The van der Waals surface area contributed by atoms with E-state index in [0.29, 0.717) is 23.6 Å². The Morgan fingerprint density at radius 3 is 2.50 bits per heavy atom. The lowest BCUT2D eigenvalue weighted by atomic mass is 10.1. The van der Waals surface area contributed by atoms with Gasteiger partial charge in [-0.1, -0.05) is 51.8 Å². The van der Waals surface area contributed by atoms with Gasteiger partial charge in [-0.25, -0.2) is 0 Å². The zero-order chi connectivity index (χ0) is 20.1. The van der Waals surface area contributed by atoms with Crippen LogP contribution in [0.5, 0.6) is 5.75 Å². The number of anilines is 1. The Morgan fingerprint density at radius 2 is 1.79 bits per heavy atom. The van der Waals surface area contributed by atoms with Crippen LogP contribution < -0.4 is 15.8 Å². The first-order chi connectivity index (χ1) is 13.4. The van der Waals surface area contributed by atoms with Gasteiger partial charge in [0, 0.05) is 10.2 Å². The highest BCUT2D eigenvalue weighted by molar-refractivity contribution is 9.10. The quantitative estimate of drug-likeness (QED) is 0.542. The lowest BCUT2D eigenvalue weighted by Crippen LogP contribution is -2.15. The summed E-state index contributed by atoms with van der Waals surface area (Å²) in [6, 6.07) is 19.2. The summed E-state index contributed by atoms with van der Waals surface area (Å²) < 4.78 is 6.80. The van der Waals surface area contributed by atoms with E-state index >= 15 is 0 Å². The first kappa shape index (κ1) is 19.9. The third-order valence-electron chi connectivity index (χ3n) is 3.91. The van der Waals surface area contributed by atoms with Crippen molar-refractivity contribution in [2.75, 3.05) is 5.32 Å². The van der Waals surface area contributed by atoms with Crippen LogP contribution in [0.25, 0.3) is 0 Å². The van der Waals surface area contributed by atoms with Gasteiger partial charge in [0.05, 0.1) is 16.1 Å². The number of primary amides is 1. The van der Waals surface area contributed by atoms with E-state index in [0.717, 1.165) is 10.0 Å². The molecule has 3 aromatic rings. The molecule has 0 atom stereocenters. The smallest absolute Gasteiger partial charge is 0.259 e. The topological polar surface area (TPSA) is 81.4 Å². The number of amides is 2. The number of carbonyl (C=O) groups excluding carboxylic acids is 2. The number of nitrogens with one attached hydrogen (secondary N) is 1. The molecule has 0 aliphatic rings. The molecule has 0 radical (unpaired) electrons. The van der Waals surface area contributed by atoms with E-state index in [4.69, 9.17) is 22.1 Å². The summed E-state index contributed by atoms with van der Waals surface area (Å²) in [6.45, 7) is 0.322. The van der Waals surface area contributed by atoms with Gasteiger partial charge < -0.3 is 15.8 Å².